The molecule has 100 valence electrons. The average Bonchev–Trinajstić information content (AvgIpc) is 2.90. The third kappa shape index (κ3) is 4.27. The second-order valence-electron chi connectivity index (χ2n) is 4.63. The number of hydrogen-bond acceptors (Lipinski definition) is 4. The van der Waals surface area contributed by atoms with Gasteiger partial charge in [0.15, 0.2) is 0 Å². The fourth-order valence-electron chi connectivity index (χ4n) is 2.00. The van der Waals surface area contributed by atoms with Crippen molar-refractivity contribution in [2.24, 2.45) is 0 Å². The summed E-state index contributed by atoms with van der Waals surface area (Å²) in [5.41, 5.74) is 1.15. The van der Waals surface area contributed by atoms with E-state index in [1.165, 1.54) is 0 Å². The van der Waals surface area contributed by atoms with E-state index in [2.05, 4.69) is 17.2 Å². The number of rotatable bonds is 7. The predicted molar refractivity (Wildman–Crippen MR) is 71.6 cm³/mol. The van der Waals surface area contributed by atoms with E-state index >= 15 is 0 Å². The number of nitrogens with zero attached hydrogens (tertiary/aromatic N) is 1. The van der Waals surface area contributed by atoms with Crippen LogP contribution in [0.1, 0.15) is 31.7 Å². The molecule has 1 unspecified atom stereocenters. The number of pyridine rings is 1. The molecule has 1 aromatic heterocycles. The number of anilines is 1. The van der Waals surface area contributed by atoms with Crippen molar-refractivity contribution in [1.29, 1.82) is 0 Å². The third-order valence-corrected chi connectivity index (χ3v) is 2.98. The lowest BCUT2D eigenvalue weighted by molar-refractivity contribution is 0.0106. The first kappa shape index (κ1) is 13.3. The first-order chi connectivity index (χ1) is 8.88. The maximum absolute atomic E-state index is 5.68. The molecule has 1 fully saturated rings. The van der Waals surface area contributed by atoms with Crippen molar-refractivity contribution < 1.29 is 9.47 Å². The van der Waals surface area contributed by atoms with Crippen LogP contribution in [-0.2, 0) is 16.1 Å². The number of hydrogen-bond donors (Lipinski definition) is 1. The smallest absolute Gasteiger partial charge is 0.126 e. The van der Waals surface area contributed by atoms with Gasteiger partial charge in [-0.1, -0.05) is 6.92 Å². The van der Waals surface area contributed by atoms with Crippen molar-refractivity contribution in [3.05, 3.63) is 23.9 Å². The van der Waals surface area contributed by atoms with Crippen LogP contribution < -0.4 is 5.32 Å². The molecule has 1 atom stereocenters. The van der Waals surface area contributed by atoms with Gasteiger partial charge in [-0.3, -0.25) is 0 Å². The lowest BCUT2D eigenvalue weighted by Gasteiger charge is -2.10. The Morgan fingerprint density at radius 3 is 3.28 bits per heavy atom. The molecule has 0 aromatic carbocycles. The molecule has 0 amide bonds. The van der Waals surface area contributed by atoms with Gasteiger partial charge in [-0.25, -0.2) is 4.98 Å². The third-order valence-electron chi connectivity index (χ3n) is 2.98. The minimum Gasteiger partial charge on any atom is -0.376 e. The Kier molecular flexibility index (Phi) is 5.42. The summed E-state index contributed by atoms with van der Waals surface area (Å²) in [6.45, 7) is 5.30. The van der Waals surface area contributed by atoms with Gasteiger partial charge in [-0.2, -0.15) is 0 Å². The van der Waals surface area contributed by atoms with Gasteiger partial charge < -0.3 is 14.8 Å². The van der Waals surface area contributed by atoms with Crippen molar-refractivity contribution in [3.63, 3.8) is 0 Å². The fourth-order valence-corrected chi connectivity index (χ4v) is 2.00. The van der Waals surface area contributed by atoms with Crippen LogP contribution in [0.25, 0.3) is 0 Å². The minimum absolute atomic E-state index is 0.296. The van der Waals surface area contributed by atoms with Crippen LogP contribution in [0, 0.1) is 0 Å². The van der Waals surface area contributed by atoms with Crippen molar-refractivity contribution in [1.82, 2.24) is 4.98 Å². The van der Waals surface area contributed by atoms with Crippen molar-refractivity contribution >= 4 is 5.82 Å². The first-order valence-corrected chi connectivity index (χ1v) is 6.76. The van der Waals surface area contributed by atoms with Gasteiger partial charge in [0, 0.05) is 19.3 Å². The molecule has 1 saturated heterocycles. The Morgan fingerprint density at radius 2 is 2.50 bits per heavy atom. The molecule has 1 N–H and O–H groups in total. The van der Waals surface area contributed by atoms with Crippen LogP contribution in [0.3, 0.4) is 0 Å². The van der Waals surface area contributed by atoms with E-state index in [1.54, 1.807) is 0 Å². The number of aromatic nitrogens is 1. The van der Waals surface area contributed by atoms with Gasteiger partial charge in [0.1, 0.15) is 5.82 Å². The Bertz CT molecular complexity index is 351. The van der Waals surface area contributed by atoms with Gasteiger partial charge in [-0.15, -0.1) is 0 Å². The van der Waals surface area contributed by atoms with Gasteiger partial charge in [0.25, 0.3) is 0 Å². The van der Waals surface area contributed by atoms with E-state index in [1.807, 2.05) is 18.3 Å². The van der Waals surface area contributed by atoms with E-state index in [-0.39, 0.29) is 0 Å². The number of nitrogens with one attached hydrogen (secondary N) is 1. The van der Waals surface area contributed by atoms with Crippen LogP contribution in [0.5, 0.6) is 0 Å². The summed E-state index contributed by atoms with van der Waals surface area (Å²) in [6.07, 6.45) is 5.50. The average molecular weight is 250 g/mol. The lowest BCUT2D eigenvalue weighted by Crippen LogP contribution is -2.13. The van der Waals surface area contributed by atoms with E-state index < -0.39 is 0 Å². The summed E-state index contributed by atoms with van der Waals surface area (Å²) in [6, 6.07) is 4.04. The zero-order chi connectivity index (χ0) is 12.6. The normalized spacial score (nSPS) is 19.1. The molecule has 1 aliphatic heterocycles. The Balaban J connectivity index is 1.74. The van der Waals surface area contributed by atoms with Gasteiger partial charge >= 0.3 is 0 Å². The number of ether oxygens (including phenoxy) is 2. The highest BCUT2D eigenvalue weighted by Crippen LogP contribution is 2.13. The maximum Gasteiger partial charge on any atom is 0.126 e. The Hall–Kier alpha value is -1.13. The molecule has 4 heteroatoms. The highest BCUT2D eigenvalue weighted by Gasteiger charge is 2.15. The van der Waals surface area contributed by atoms with Crippen molar-refractivity contribution in [2.75, 3.05) is 25.1 Å². The molecule has 4 nitrogen and oxygen atoms in total. The quantitative estimate of drug-likeness (QED) is 0.808. The van der Waals surface area contributed by atoms with E-state index in [0.717, 1.165) is 43.8 Å². The molecule has 18 heavy (non-hydrogen) atoms. The van der Waals surface area contributed by atoms with Gasteiger partial charge in [0.2, 0.25) is 0 Å². The molecule has 0 aliphatic carbocycles. The highest BCUT2D eigenvalue weighted by molar-refractivity contribution is 5.37. The van der Waals surface area contributed by atoms with Crippen LogP contribution in [0.15, 0.2) is 18.3 Å². The molecule has 2 rings (SSSR count). The molecule has 0 radical (unpaired) electrons. The van der Waals surface area contributed by atoms with Crippen molar-refractivity contribution in [2.45, 2.75) is 38.9 Å². The summed E-state index contributed by atoms with van der Waals surface area (Å²) < 4.78 is 11.2. The summed E-state index contributed by atoms with van der Waals surface area (Å²) in [5.74, 6) is 0.926. The van der Waals surface area contributed by atoms with Crippen LogP contribution in [-0.4, -0.2) is 30.8 Å². The van der Waals surface area contributed by atoms with Crippen molar-refractivity contribution in [3.8, 4) is 0 Å². The van der Waals surface area contributed by atoms with E-state index in [4.69, 9.17) is 9.47 Å². The zero-order valence-corrected chi connectivity index (χ0v) is 11.0. The molecule has 0 spiro atoms. The molecule has 1 aromatic rings. The summed E-state index contributed by atoms with van der Waals surface area (Å²) in [5, 5.41) is 3.27. The van der Waals surface area contributed by atoms with E-state index in [0.29, 0.717) is 19.3 Å². The second kappa shape index (κ2) is 7.34. The second-order valence-corrected chi connectivity index (χ2v) is 4.63. The van der Waals surface area contributed by atoms with Crippen LogP contribution in [0.2, 0.25) is 0 Å². The predicted octanol–water partition coefficient (Wildman–Crippen LogP) is 2.60. The molecular formula is C14H22N2O2. The summed E-state index contributed by atoms with van der Waals surface area (Å²) in [4.78, 5) is 4.27. The first-order valence-electron chi connectivity index (χ1n) is 6.76. The minimum atomic E-state index is 0.296. The molecule has 2 heterocycles. The molecule has 0 bridgehead atoms. The zero-order valence-electron chi connectivity index (χ0n) is 11.0. The van der Waals surface area contributed by atoms with Gasteiger partial charge in [-0.05, 0) is 37.0 Å². The topological polar surface area (TPSA) is 43.4 Å². The maximum atomic E-state index is 5.68. The van der Waals surface area contributed by atoms with Gasteiger partial charge in [0.05, 0.1) is 19.3 Å². The largest absolute Gasteiger partial charge is 0.376 e. The molecular weight excluding hydrogens is 228 g/mol. The summed E-state index contributed by atoms with van der Waals surface area (Å²) in [7, 11) is 0. The van der Waals surface area contributed by atoms with Crippen LogP contribution >= 0.6 is 0 Å². The lowest BCUT2D eigenvalue weighted by atomic mass is 10.2. The monoisotopic (exact) mass is 250 g/mol. The Labute approximate surface area is 109 Å². The fraction of sp³-hybridized carbons (Fsp3) is 0.643. The Morgan fingerprint density at radius 1 is 1.56 bits per heavy atom. The summed E-state index contributed by atoms with van der Waals surface area (Å²) >= 11 is 0. The highest BCUT2D eigenvalue weighted by atomic mass is 16.5. The standard InChI is InChI=1S/C14H22N2O2/c1-2-6-15-14-9-12(5-7-16-14)10-17-11-13-4-3-8-18-13/h5,7,9,13H,2-4,6,8,10-11H2,1H3,(H,15,16). The van der Waals surface area contributed by atoms with Crippen LogP contribution in [0.4, 0.5) is 5.82 Å². The molecule has 0 saturated carbocycles. The SMILES string of the molecule is CCCNc1cc(COCC2CCCO2)ccn1. The molecule has 1 aliphatic rings. The van der Waals surface area contributed by atoms with E-state index in [9.17, 15) is 0 Å².